The zero-order valence-electron chi connectivity index (χ0n) is 20.8. The van der Waals surface area contributed by atoms with Crippen LogP contribution in [0.25, 0.3) is 5.69 Å². The summed E-state index contributed by atoms with van der Waals surface area (Å²) in [6.07, 6.45) is -0.550. The summed E-state index contributed by atoms with van der Waals surface area (Å²) in [7, 11) is -3.11. The Morgan fingerprint density at radius 1 is 1.00 bits per heavy atom. The summed E-state index contributed by atoms with van der Waals surface area (Å²) >= 11 is 0. The highest BCUT2D eigenvalue weighted by molar-refractivity contribution is 7.80. The lowest BCUT2D eigenvalue weighted by molar-refractivity contribution is -0.121. The van der Waals surface area contributed by atoms with Gasteiger partial charge in [0.25, 0.3) is 11.8 Å². The maximum Gasteiger partial charge on any atom is 0.397 e. The maximum absolute atomic E-state index is 13.7. The number of aromatic nitrogens is 2. The van der Waals surface area contributed by atoms with Crippen molar-refractivity contribution < 1.29 is 36.3 Å². The fourth-order valence-corrected chi connectivity index (χ4v) is 5.37. The van der Waals surface area contributed by atoms with Gasteiger partial charge in [0.2, 0.25) is 5.91 Å². The van der Waals surface area contributed by atoms with E-state index in [0.29, 0.717) is 34.8 Å². The molecule has 3 heterocycles. The lowest BCUT2D eigenvalue weighted by atomic mass is 10.0. The molecule has 13 nitrogen and oxygen atoms in total. The molecule has 3 amide bonds. The third kappa shape index (κ3) is 5.21. The van der Waals surface area contributed by atoms with Gasteiger partial charge in [-0.2, -0.15) is 13.5 Å². The van der Waals surface area contributed by atoms with Gasteiger partial charge in [-0.3, -0.25) is 18.9 Å². The molecule has 1 unspecified atom stereocenters. The number of primary amides is 1. The van der Waals surface area contributed by atoms with Crippen LogP contribution in [0.3, 0.4) is 0 Å². The molecule has 0 spiro atoms. The molecule has 5 rings (SSSR count). The van der Waals surface area contributed by atoms with E-state index in [4.69, 9.17) is 15.0 Å². The highest BCUT2D eigenvalue weighted by atomic mass is 32.3. The van der Waals surface area contributed by atoms with E-state index in [-0.39, 0.29) is 49.1 Å². The minimum atomic E-state index is -4.65. The Hall–Kier alpha value is -4.27. The highest BCUT2D eigenvalue weighted by Gasteiger charge is 2.35. The van der Waals surface area contributed by atoms with Gasteiger partial charge in [-0.15, -0.1) is 0 Å². The zero-order valence-corrected chi connectivity index (χ0v) is 21.6. The first kappa shape index (κ1) is 26.3. The van der Waals surface area contributed by atoms with Crippen molar-refractivity contribution >= 4 is 39.5 Å². The minimum Gasteiger partial charge on any atom is -0.497 e. The first-order chi connectivity index (χ1) is 18.6. The van der Waals surface area contributed by atoms with Crippen LogP contribution in [0.1, 0.15) is 39.4 Å². The number of carbonyl (C=O) groups excluding carboxylic acids is 3. The van der Waals surface area contributed by atoms with Crippen LogP contribution in [0, 0.1) is 0 Å². The predicted molar refractivity (Wildman–Crippen MR) is 138 cm³/mol. The van der Waals surface area contributed by atoms with E-state index < -0.39 is 22.4 Å². The Morgan fingerprint density at radius 3 is 2.18 bits per heavy atom. The average Bonchev–Trinajstić information content (AvgIpc) is 3.29. The smallest absolute Gasteiger partial charge is 0.397 e. The Labute approximate surface area is 223 Å². The maximum atomic E-state index is 13.7. The Kier molecular flexibility index (Phi) is 6.84. The molecule has 0 radical (unpaired) electrons. The molecule has 2 aliphatic heterocycles. The number of anilines is 2. The molecule has 14 heteroatoms. The molecule has 0 saturated carbocycles. The molecule has 204 valence electrons. The second-order valence-electron chi connectivity index (χ2n) is 9.06. The lowest BCUT2D eigenvalue weighted by Gasteiger charge is -2.31. The summed E-state index contributed by atoms with van der Waals surface area (Å²) in [5.74, 6) is -0.820. The van der Waals surface area contributed by atoms with Crippen LogP contribution in [0.15, 0.2) is 48.5 Å². The van der Waals surface area contributed by atoms with Crippen molar-refractivity contribution in [2.45, 2.75) is 25.4 Å². The van der Waals surface area contributed by atoms with Crippen molar-refractivity contribution in [1.82, 2.24) is 9.78 Å². The van der Waals surface area contributed by atoms with Crippen molar-refractivity contribution in [2.75, 3.05) is 30.0 Å². The fraction of sp³-hybridized carbons (Fsp3) is 0.280. The molecule has 1 atom stereocenters. The number of methoxy groups -OCH3 is 1. The van der Waals surface area contributed by atoms with Crippen LogP contribution in [-0.2, 0) is 25.8 Å². The molecule has 1 aromatic heterocycles. The Morgan fingerprint density at radius 2 is 1.62 bits per heavy atom. The predicted octanol–water partition coefficient (Wildman–Crippen LogP) is 1.50. The zero-order chi connectivity index (χ0) is 27.9. The number of hydrogen-bond donors (Lipinski definition) is 2. The average molecular weight is 556 g/mol. The summed E-state index contributed by atoms with van der Waals surface area (Å²) < 4.78 is 41.9. The van der Waals surface area contributed by atoms with E-state index >= 15 is 0 Å². The quantitative estimate of drug-likeness (QED) is 0.409. The van der Waals surface area contributed by atoms with Gasteiger partial charge in [-0.1, -0.05) is 0 Å². The van der Waals surface area contributed by atoms with Gasteiger partial charge in [-0.05, 0) is 61.4 Å². The number of rotatable bonds is 7. The first-order valence-electron chi connectivity index (χ1n) is 12.0. The number of carbonyl (C=O) groups is 3. The van der Waals surface area contributed by atoms with Gasteiger partial charge in [0, 0.05) is 30.0 Å². The van der Waals surface area contributed by atoms with E-state index in [1.807, 2.05) is 0 Å². The molecule has 2 aliphatic rings. The van der Waals surface area contributed by atoms with E-state index in [1.165, 1.54) is 9.58 Å². The van der Waals surface area contributed by atoms with Crippen LogP contribution in [0.5, 0.6) is 5.75 Å². The minimum absolute atomic E-state index is 0.0454. The number of benzene rings is 2. The van der Waals surface area contributed by atoms with Crippen molar-refractivity contribution in [3.05, 3.63) is 65.5 Å². The summed E-state index contributed by atoms with van der Waals surface area (Å²) in [6.45, 7) is 0.484. The van der Waals surface area contributed by atoms with Crippen molar-refractivity contribution in [3.63, 3.8) is 0 Å². The third-order valence-electron chi connectivity index (χ3n) is 6.68. The summed E-state index contributed by atoms with van der Waals surface area (Å²) in [5.41, 5.74) is 8.03. The topological polar surface area (TPSA) is 174 Å². The van der Waals surface area contributed by atoms with Crippen LogP contribution >= 0.6 is 0 Å². The monoisotopic (exact) mass is 555 g/mol. The van der Waals surface area contributed by atoms with Gasteiger partial charge in [-0.25, -0.2) is 8.86 Å². The highest BCUT2D eigenvalue weighted by Crippen LogP contribution is 2.31. The molecule has 0 bridgehead atoms. The molecule has 2 aromatic carbocycles. The molecule has 1 fully saturated rings. The van der Waals surface area contributed by atoms with Crippen LogP contribution in [-0.4, -0.2) is 66.8 Å². The number of piperidine rings is 1. The molecular formula is C25H25N5O8S. The summed E-state index contributed by atoms with van der Waals surface area (Å²) in [4.78, 5) is 41.4. The van der Waals surface area contributed by atoms with Crippen molar-refractivity contribution in [3.8, 4) is 11.4 Å². The molecular weight excluding hydrogens is 530 g/mol. The van der Waals surface area contributed by atoms with Gasteiger partial charge < -0.3 is 20.3 Å². The van der Waals surface area contributed by atoms with Gasteiger partial charge in [0.15, 0.2) is 5.69 Å². The van der Waals surface area contributed by atoms with E-state index in [1.54, 1.807) is 60.5 Å². The van der Waals surface area contributed by atoms with Crippen molar-refractivity contribution in [1.29, 1.82) is 0 Å². The first-order valence-corrected chi connectivity index (χ1v) is 13.4. The second kappa shape index (κ2) is 10.1. The number of fused-ring (bicyclic) bond motifs is 1. The number of ether oxygens (including phenoxy) is 1. The Bertz CT molecular complexity index is 1550. The molecule has 3 aromatic rings. The van der Waals surface area contributed by atoms with Gasteiger partial charge in [0.05, 0.1) is 25.3 Å². The summed E-state index contributed by atoms with van der Waals surface area (Å²) in [6, 6.07) is 13.7. The SMILES string of the molecule is COc1ccc(-n2nc(C(N)=O)c3c2C(=O)N(c2ccc(N4CCC(OS(=O)(=O)O)CC4=O)cc2)CC3)cc1. The molecule has 3 N–H and O–H groups in total. The van der Waals surface area contributed by atoms with Gasteiger partial charge >= 0.3 is 10.4 Å². The molecule has 0 aliphatic carbocycles. The lowest BCUT2D eigenvalue weighted by Crippen LogP contribution is -2.42. The summed E-state index contributed by atoms with van der Waals surface area (Å²) in [5, 5.41) is 4.35. The Balaban J connectivity index is 1.39. The van der Waals surface area contributed by atoms with Crippen LogP contribution in [0.4, 0.5) is 11.4 Å². The normalized spacial score (nSPS) is 17.7. The van der Waals surface area contributed by atoms with Crippen LogP contribution < -0.4 is 20.3 Å². The van der Waals surface area contributed by atoms with Crippen LogP contribution in [0.2, 0.25) is 0 Å². The van der Waals surface area contributed by atoms with E-state index in [2.05, 4.69) is 9.28 Å². The van der Waals surface area contributed by atoms with E-state index in [9.17, 15) is 22.8 Å². The van der Waals surface area contributed by atoms with Gasteiger partial charge in [0.1, 0.15) is 11.4 Å². The number of nitrogens with two attached hydrogens (primary N) is 1. The van der Waals surface area contributed by atoms with Crippen molar-refractivity contribution in [2.24, 2.45) is 5.73 Å². The third-order valence-corrected chi connectivity index (χ3v) is 7.19. The number of amides is 3. The molecule has 1 saturated heterocycles. The fourth-order valence-electron chi connectivity index (χ4n) is 4.86. The van der Waals surface area contributed by atoms with E-state index in [0.717, 1.165) is 0 Å². The number of hydrogen-bond acceptors (Lipinski definition) is 8. The second-order valence-corrected chi connectivity index (χ2v) is 10.1. The standard InChI is InChI=1S/C25H25N5O8S/c1-37-18-8-6-17(7-9-18)30-23-20(22(27-30)24(26)32)11-13-29(25(23)33)16-4-2-15(3-5-16)28-12-10-19(14-21(28)31)38-39(34,35)36/h2-9,19H,10-14H2,1H3,(H2,26,32)(H,34,35,36). The number of nitrogens with zero attached hydrogens (tertiary/aromatic N) is 4. The largest absolute Gasteiger partial charge is 0.497 e. The molecule has 39 heavy (non-hydrogen) atoms.